The summed E-state index contributed by atoms with van der Waals surface area (Å²) in [5.41, 5.74) is 4.28. The Labute approximate surface area is 95.4 Å². The molecule has 0 fully saturated rings. The fraction of sp³-hybridized carbons (Fsp3) is 0.214. The summed E-state index contributed by atoms with van der Waals surface area (Å²) < 4.78 is 0. The topological polar surface area (TPSA) is 32.9 Å². The van der Waals surface area contributed by atoms with Gasteiger partial charge in [0.2, 0.25) is 0 Å². The second-order valence-electron chi connectivity index (χ2n) is 3.86. The molecule has 0 radical (unpaired) electrons. The van der Waals surface area contributed by atoms with Crippen molar-refractivity contribution in [1.82, 2.24) is 4.98 Å². The summed E-state index contributed by atoms with van der Waals surface area (Å²) in [4.78, 5) is 13.8. The number of rotatable bonds is 3. The zero-order valence-corrected chi connectivity index (χ0v) is 9.36. The maximum atomic E-state index is 10.8. The smallest absolute Gasteiger partial charge is 0.166 e. The number of aldehydes is 1. The Morgan fingerprint density at radius 3 is 2.81 bits per heavy atom. The first-order valence-electron chi connectivity index (χ1n) is 5.50. The van der Waals surface area contributed by atoms with Crippen LogP contribution in [0.5, 0.6) is 0 Å². The van der Waals surface area contributed by atoms with Crippen molar-refractivity contribution in [3.63, 3.8) is 0 Å². The molecule has 1 aromatic heterocycles. The highest BCUT2D eigenvalue weighted by molar-refractivity contribution is 5.84. The zero-order chi connectivity index (χ0) is 11.4. The van der Waals surface area contributed by atoms with Crippen molar-refractivity contribution in [2.75, 3.05) is 0 Å². The summed E-state index contributed by atoms with van der Waals surface area (Å²) in [6, 6.07) is 1.96. The summed E-state index contributed by atoms with van der Waals surface area (Å²) in [7, 11) is 0. The number of hydrogen-bond donors (Lipinski definition) is 1. The fourth-order valence-electron chi connectivity index (χ4n) is 1.99. The molecular formula is C14H15NO. The molecule has 0 aromatic carbocycles. The molecule has 0 aliphatic heterocycles. The Bertz CT molecular complexity index is 475. The van der Waals surface area contributed by atoms with Gasteiger partial charge in [-0.05, 0) is 37.0 Å². The number of nitrogens with one attached hydrogen (secondary N) is 1. The van der Waals surface area contributed by atoms with Crippen LogP contribution < -0.4 is 0 Å². The van der Waals surface area contributed by atoms with E-state index in [-0.39, 0.29) is 0 Å². The van der Waals surface area contributed by atoms with E-state index in [1.807, 2.05) is 19.2 Å². The highest BCUT2D eigenvalue weighted by Gasteiger charge is 2.10. The average molecular weight is 213 g/mol. The quantitative estimate of drug-likeness (QED) is 0.766. The van der Waals surface area contributed by atoms with Crippen LogP contribution in [0.15, 0.2) is 42.1 Å². The summed E-state index contributed by atoms with van der Waals surface area (Å²) in [5, 5.41) is 0. The van der Waals surface area contributed by atoms with Crippen LogP contribution in [0, 0.1) is 0 Å². The molecular weight excluding hydrogens is 198 g/mol. The standard InChI is InChI=1S/C14H15NO/c1-2-3-11-4-6-12(7-5-11)13-8-9-15-14(13)10-16/h2-4,6,8-10,15H,5,7H2,1H3. The van der Waals surface area contributed by atoms with Crippen molar-refractivity contribution in [2.24, 2.45) is 0 Å². The van der Waals surface area contributed by atoms with Gasteiger partial charge in [-0.15, -0.1) is 0 Å². The number of aromatic amines is 1. The van der Waals surface area contributed by atoms with Gasteiger partial charge >= 0.3 is 0 Å². The lowest BCUT2D eigenvalue weighted by Gasteiger charge is -2.11. The maximum absolute atomic E-state index is 10.8. The van der Waals surface area contributed by atoms with Crippen LogP contribution in [-0.2, 0) is 0 Å². The van der Waals surface area contributed by atoms with Crippen LogP contribution in [0.25, 0.3) is 5.57 Å². The number of allylic oxidation sites excluding steroid dienone is 6. The molecule has 16 heavy (non-hydrogen) atoms. The third kappa shape index (κ3) is 2.06. The van der Waals surface area contributed by atoms with Crippen LogP contribution in [0.3, 0.4) is 0 Å². The summed E-state index contributed by atoms with van der Waals surface area (Å²) in [6.07, 6.45) is 13.1. The van der Waals surface area contributed by atoms with E-state index in [0.29, 0.717) is 5.69 Å². The van der Waals surface area contributed by atoms with Crippen molar-refractivity contribution >= 4 is 11.9 Å². The van der Waals surface area contributed by atoms with Crippen molar-refractivity contribution < 1.29 is 4.79 Å². The molecule has 0 unspecified atom stereocenters. The lowest BCUT2D eigenvalue weighted by molar-refractivity contribution is 0.111. The van der Waals surface area contributed by atoms with Gasteiger partial charge in [-0.25, -0.2) is 0 Å². The molecule has 82 valence electrons. The van der Waals surface area contributed by atoms with Crippen molar-refractivity contribution in [2.45, 2.75) is 19.8 Å². The molecule has 2 rings (SSSR count). The number of carbonyl (C=O) groups excluding carboxylic acids is 1. The molecule has 0 saturated carbocycles. The van der Waals surface area contributed by atoms with Crippen molar-refractivity contribution in [3.8, 4) is 0 Å². The predicted octanol–water partition coefficient (Wildman–Crippen LogP) is 3.51. The molecule has 1 heterocycles. The van der Waals surface area contributed by atoms with E-state index in [1.54, 1.807) is 0 Å². The van der Waals surface area contributed by atoms with E-state index in [9.17, 15) is 4.79 Å². The molecule has 2 nitrogen and oxygen atoms in total. The van der Waals surface area contributed by atoms with Crippen LogP contribution in [0.4, 0.5) is 0 Å². The number of carbonyl (C=O) groups is 1. The Morgan fingerprint density at radius 1 is 1.31 bits per heavy atom. The second-order valence-corrected chi connectivity index (χ2v) is 3.86. The minimum absolute atomic E-state index is 0.675. The van der Waals surface area contributed by atoms with Crippen LogP contribution in [0.1, 0.15) is 35.8 Å². The number of H-pyrrole nitrogens is 1. The van der Waals surface area contributed by atoms with E-state index >= 15 is 0 Å². The molecule has 1 aliphatic rings. The molecule has 0 amide bonds. The van der Waals surface area contributed by atoms with E-state index in [2.05, 4.69) is 29.3 Å². The van der Waals surface area contributed by atoms with Gasteiger partial charge in [-0.3, -0.25) is 4.79 Å². The first-order chi connectivity index (χ1) is 7.85. The third-order valence-corrected chi connectivity index (χ3v) is 2.81. The predicted molar refractivity (Wildman–Crippen MR) is 66.3 cm³/mol. The fourth-order valence-corrected chi connectivity index (χ4v) is 1.99. The monoisotopic (exact) mass is 213 g/mol. The van der Waals surface area contributed by atoms with Gasteiger partial charge in [0.15, 0.2) is 6.29 Å². The lowest BCUT2D eigenvalue weighted by atomic mass is 9.93. The molecule has 1 aromatic rings. The minimum atomic E-state index is 0.675. The van der Waals surface area contributed by atoms with Crippen molar-refractivity contribution in [3.05, 3.63) is 53.4 Å². The van der Waals surface area contributed by atoms with Crippen molar-refractivity contribution in [1.29, 1.82) is 0 Å². The van der Waals surface area contributed by atoms with Gasteiger partial charge in [0, 0.05) is 11.8 Å². The van der Waals surface area contributed by atoms with E-state index in [1.165, 1.54) is 11.1 Å². The van der Waals surface area contributed by atoms with Gasteiger partial charge in [0.05, 0.1) is 5.69 Å². The van der Waals surface area contributed by atoms with Gasteiger partial charge < -0.3 is 4.98 Å². The number of aromatic nitrogens is 1. The second kappa shape index (κ2) is 4.79. The Morgan fingerprint density at radius 2 is 2.19 bits per heavy atom. The van der Waals surface area contributed by atoms with E-state index < -0.39 is 0 Å². The molecule has 0 saturated heterocycles. The first kappa shape index (κ1) is 10.7. The lowest BCUT2D eigenvalue weighted by Crippen LogP contribution is -1.94. The van der Waals surface area contributed by atoms with E-state index in [4.69, 9.17) is 0 Å². The summed E-state index contributed by atoms with van der Waals surface area (Å²) in [5.74, 6) is 0. The maximum Gasteiger partial charge on any atom is 0.166 e. The molecule has 2 heteroatoms. The van der Waals surface area contributed by atoms with Gasteiger partial charge in [-0.1, -0.05) is 24.3 Å². The minimum Gasteiger partial charge on any atom is -0.359 e. The first-order valence-corrected chi connectivity index (χ1v) is 5.50. The largest absolute Gasteiger partial charge is 0.359 e. The SMILES string of the molecule is CC=CC1=CC=C(c2cc[nH]c2C=O)CC1. The Kier molecular flexibility index (Phi) is 3.20. The highest BCUT2D eigenvalue weighted by Crippen LogP contribution is 2.28. The Balaban J connectivity index is 2.28. The van der Waals surface area contributed by atoms with Gasteiger partial charge in [0.25, 0.3) is 0 Å². The van der Waals surface area contributed by atoms with Crippen LogP contribution in [-0.4, -0.2) is 11.3 Å². The molecule has 0 bridgehead atoms. The molecule has 1 N–H and O–H groups in total. The molecule has 0 atom stereocenters. The molecule has 0 spiro atoms. The normalized spacial score (nSPS) is 16.1. The van der Waals surface area contributed by atoms with Gasteiger partial charge in [-0.2, -0.15) is 0 Å². The zero-order valence-electron chi connectivity index (χ0n) is 9.36. The summed E-state index contributed by atoms with van der Waals surface area (Å²) in [6.45, 7) is 2.02. The third-order valence-electron chi connectivity index (χ3n) is 2.81. The average Bonchev–Trinajstić information content (AvgIpc) is 2.78. The van der Waals surface area contributed by atoms with Crippen LogP contribution >= 0.6 is 0 Å². The highest BCUT2D eigenvalue weighted by atomic mass is 16.1. The summed E-state index contributed by atoms with van der Waals surface area (Å²) >= 11 is 0. The Hall–Kier alpha value is -1.83. The van der Waals surface area contributed by atoms with Crippen LogP contribution in [0.2, 0.25) is 0 Å². The van der Waals surface area contributed by atoms with Gasteiger partial charge in [0.1, 0.15) is 0 Å². The van der Waals surface area contributed by atoms with E-state index in [0.717, 1.165) is 24.7 Å². The molecule has 1 aliphatic carbocycles. The number of hydrogen-bond acceptors (Lipinski definition) is 1.